The van der Waals surface area contributed by atoms with Crippen molar-refractivity contribution in [1.82, 2.24) is 24.5 Å². The second-order valence-corrected chi connectivity index (χ2v) is 8.47. The van der Waals surface area contributed by atoms with Crippen LogP contribution in [0.4, 0.5) is 17.3 Å². The van der Waals surface area contributed by atoms with E-state index in [2.05, 4.69) is 26.0 Å². The number of aromatic nitrogens is 4. The van der Waals surface area contributed by atoms with Crippen LogP contribution in [-0.2, 0) is 4.74 Å². The molecule has 2 saturated carbocycles. The number of hydrogen-bond acceptors (Lipinski definition) is 8. The molecule has 2 fully saturated rings. The number of fused-ring (bicyclic) bond motifs is 1. The molecule has 0 aliphatic heterocycles. The van der Waals surface area contributed by atoms with Gasteiger partial charge in [-0.1, -0.05) is 0 Å². The van der Waals surface area contributed by atoms with E-state index in [0.29, 0.717) is 35.0 Å². The van der Waals surface area contributed by atoms with E-state index in [1.54, 1.807) is 47.6 Å². The second kappa shape index (κ2) is 8.49. The van der Waals surface area contributed by atoms with Gasteiger partial charge in [0, 0.05) is 26.4 Å². The molecule has 5 rings (SSSR count). The fourth-order valence-corrected chi connectivity index (χ4v) is 4.32. The van der Waals surface area contributed by atoms with Crippen molar-refractivity contribution in [2.45, 2.75) is 50.0 Å². The van der Waals surface area contributed by atoms with E-state index in [9.17, 15) is 14.7 Å². The van der Waals surface area contributed by atoms with Crippen molar-refractivity contribution in [3.05, 3.63) is 46.5 Å². The molecule has 3 aromatic rings. The average Bonchev–Trinajstić information content (AvgIpc) is 3.22. The number of rotatable bonds is 7. The smallest absolute Gasteiger partial charge is 0.274 e. The molecule has 11 nitrogen and oxygen atoms in total. The molecular formula is C22H27N7O4. The molecule has 0 bridgehead atoms. The first-order chi connectivity index (χ1) is 16.0. The third kappa shape index (κ3) is 3.72. The molecule has 2 aliphatic rings. The zero-order chi connectivity index (χ0) is 23.1. The van der Waals surface area contributed by atoms with Gasteiger partial charge < -0.3 is 30.4 Å². The lowest BCUT2D eigenvalue weighted by Crippen LogP contribution is -2.51. The lowest BCUT2D eigenvalue weighted by Gasteiger charge is -2.35. The van der Waals surface area contributed by atoms with Crippen molar-refractivity contribution < 1.29 is 14.6 Å². The van der Waals surface area contributed by atoms with E-state index >= 15 is 0 Å². The van der Waals surface area contributed by atoms with Gasteiger partial charge in [-0.3, -0.25) is 9.59 Å². The highest BCUT2D eigenvalue weighted by Crippen LogP contribution is 2.31. The SMILES string of the molecule is CNc1cc(Nc2cccn([C@H]3CC[C@H]3O)c2=O)nc2c(C(=O)N[C@H]3CC[C@@H]3OC)cnn12. The first kappa shape index (κ1) is 21.4. The summed E-state index contributed by atoms with van der Waals surface area (Å²) in [5.41, 5.74) is 0.787. The minimum Gasteiger partial charge on any atom is -0.391 e. The third-order valence-electron chi connectivity index (χ3n) is 6.60. The van der Waals surface area contributed by atoms with Gasteiger partial charge in [-0.25, -0.2) is 4.98 Å². The largest absolute Gasteiger partial charge is 0.391 e. The zero-order valence-electron chi connectivity index (χ0n) is 18.5. The molecule has 0 saturated heterocycles. The third-order valence-corrected chi connectivity index (χ3v) is 6.60. The Morgan fingerprint density at radius 3 is 2.76 bits per heavy atom. The van der Waals surface area contributed by atoms with Crippen molar-refractivity contribution in [1.29, 1.82) is 0 Å². The molecule has 33 heavy (non-hydrogen) atoms. The molecule has 0 unspecified atom stereocenters. The molecule has 4 atom stereocenters. The number of nitrogens with one attached hydrogen (secondary N) is 3. The van der Waals surface area contributed by atoms with E-state index < -0.39 is 6.10 Å². The Kier molecular flexibility index (Phi) is 5.51. The number of aliphatic hydroxyl groups is 1. The van der Waals surface area contributed by atoms with Crippen LogP contribution < -0.4 is 21.5 Å². The van der Waals surface area contributed by atoms with E-state index in [-0.39, 0.29) is 29.7 Å². The molecule has 0 radical (unpaired) electrons. The van der Waals surface area contributed by atoms with E-state index in [1.807, 2.05) is 0 Å². The minimum atomic E-state index is -0.510. The molecule has 1 amide bonds. The maximum atomic E-state index is 13.0. The fourth-order valence-electron chi connectivity index (χ4n) is 4.32. The van der Waals surface area contributed by atoms with Crippen molar-refractivity contribution in [2.75, 3.05) is 24.8 Å². The number of methoxy groups -OCH3 is 1. The number of hydrogen-bond donors (Lipinski definition) is 4. The van der Waals surface area contributed by atoms with Crippen LogP contribution in [-0.4, -0.2) is 62.6 Å². The normalized spacial score (nSPS) is 24.1. The number of amides is 1. The molecule has 0 aromatic carbocycles. The van der Waals surface area contributed by atoms with Gasteiger partial charge in [0.15, 0.2) is 5.65 Å². The summed E-state index contributed by atoms with van der Waals surface area (Å²) in [5, 5.41) is 23.4. The van der Waals surface area contributed by atoms with E-state index in [4.69, 9.17) is 4.74 Å². The lowest BCUT2D eigenvalue weighted by atomic mass is 9.89. The number of carbonyl (C=O) groups excluding carboxylic acids is 1. The number of nitrogens with zero attached hydrogens (tertiary/aromatic N) is 4. The highest BCUT2D eigenvalue weighted by Gasteiger charge is 2.33. The Morgan fingerprint density at radius 1 is 1.27 bits per heavy atom. The second-order valence-electron chi connectivity index (χ2n) is 8.47. The van der Waals surface area contributed by atoms with Gasteiger partial charge in [-0.05, 0) is 37.8 Å². The maximum absolute atomic E-state index is 13.0. The van der Waals surface area contributed by atoms with Crippen LogP contribution in [0.1, 0.15) is 42.1 Å². The summed E-state index contributed by atoms with van der Waals surface area (Å²) >= 11 is 0. The van der Waals surface area contributed by atoms with Crippen molar-refractivity contribution in [3.8, 4) is 0 Å². The van der Waals surface area contributed by atoms with Gasteiger partial charge in [0.2, 0.25) is 0 Å². The summed E-state index contributed by atoms with van der Waals surface area (Å²) in [6.07, 6.45) is 5.90. The van der Waals surface area contributed by atoms with E-state index in [0.717, 1.165) is 19.3 Å². The highest BCUT2D eigenvalue weighted by molar-refractivity contribution is 6.00. The highest BCUT2D eigenvalue weighted by atomic mass is 16.5. The molecule has 4 N–H and O–H groups in total. The zero-order valence-corrected chi connectivity index (χ0v) is 18.5. The molecule has 174 valence electrons. The van der Waals surface area contributed by atoms with Crippen LogP contribution in [0, 0.1) is 0 Å². The number of aliphatic hydroxyl groups excluding tert-OH is 1. The molecule has 11 heteroatoms. The van der Waals surface area contributed by atoms with Crippen LogP contribution >= 0.6 is 0 Å². The Labute approximate surface area is 189 Å². The lowest BCUT2D eigenvalue weighted by molar-refractivity contribution is 0.00732. The topological polar surface area (TPSA) is 135 Å². The van der Waals surface area contributed by atoms with Gasteiger partial charge >= 0.3 is 0 Å². The summed E-state index contributed by atoms with van der Waals surface area (Å²) in [7, 11) is 3.38. The first-order valence-electron chi connectivity index (χ1n) is 11.1. The molecule has 3 aromatic heterocycles. The summed E-state index contributed by atoms with van der Waals surface area (Å²) in [6.45, 7) is 0. The number of anilines is 3. The predicted octanol–water partition coefficient (Wildman–Crippen LogP) is 1.28. The molecular weight excluding hydrogens is 426 g/mol. The Balaban J connectivity index is 1.46. The molecule has 2 aliphatic carbocycles. The summed E-state index contributed by atoms with van der Waals surface area (Å²) in [4.78, 5) is 30.5. The summed E-state index contributed by atoms with van der Waals surface area (Å²) in [6, 6.07) is 4.89. The van der Waals surface area contributed by atoms with Crippen LogP contribution in [0.25, 0.3) is 5.65 Å². The van der Waals surface area contributed by atoms with Crippen LogP contribution in [0.5, 0.6) is 0 Å². The summed E-state index contributed by atoms with van der Waals surface area (Å²) < 4.78 is 8.46. The quantitative estimate of drug-likeness (QED) is 0.420. The Hall–Kier alpha value is -3.44. The van der Waals surface area contributed by atoms with Gasteiger partial charge in [0.25, 0.3) is 11.5 Å². The first-order valence-corrected chi connectivity index (χ1v) is 11.1. The Bertz CT molecular complexity index is 1250. The van der Waals surface area contributed by atoms with E-state index in [1.165, 1.54) is 6.20 Å². The standard InChI is InChI=1S/C22H27N7O4/c1-23-19-10-18(25-14-4-3-9-28(22(14)32)15-6-7-16(15)30)27-20-12(11-24-29(19)20)21(31)26-13-5-8-17(13)33-2/h3-4,9-11,13,15-17,23,30H,5-8H2,1-2H3,(H,25,27)(H,26,31)/t13-,15-,16+,17-/m0/s1. The van der Waals surface area contributed by atoms with Crippen molar-refractivity contribution in [3.63, 3.8) is 0 Å². The number of pyridine rings is 1. The fraction of sp³-hybridized carbons (Fsp3) is 0.455. The minimum absolute atomic E-state index is 0.0169. The van der Waals surface area contributed by atoms with Gasteiger partial charge in [0.05, 0.1) is 30.5 Å². The monoisotopic (exact) mass is 453 g/mol. The number of carbonyl (C=O) groups is 1. The summed E-state index contributed by atoms with van der Waals surface area (Å²) in [5.74, 6) is 0.721. The van der Waals surface area contributed by atoms with Crippen LogP contribution in [0.15, 0.2) is 35.4 Å². The van der Waals surface area contributed by atoms with Gasteiger partial charge in [0.1, 0.15) is 22.9 Å². The van der Waals surface area contributed by atoms with Gasteiger partial charge in [-0.2, -0.15) is 9.61 Å². The van der Waals surface area contributed by atoms with Crippen molar-refractivity contribution >= 4 is 28.9 Å². The number of ether oxygens (including phenoxy) is 1. The van der Waals surface area contributed by atoms with Crippen LogP contribution in [0.2, 0.25) is 0 Å². The molecule has 0 spiro atoms. The van der Waals surface area contributed by atoms with Crippen LogP contribution in [0.3, 0.4) is 0 Å². The predicted molar refractivity (Wildman–Crippen MR) is 122 cm³/mol. The van der Waals surface area contributed by atoms with Crippen molar-refractivity contribution in [2.24, 2.45) is 0 Å². The molecule has 3 heterocycles. The van der Waals surface area contributed by atoms with Gasteiger partial charge in [-0.15, -0.1) is 0 Å². The Morgan fingerprint density at radius 2 is 2.12 bits per heavy atom. The average molecular weight is 454 g/mol. The maximum Gasteiger partial charge on any atom is 0.274 e.